The Labute approximate surface area is 84.4 Å². The number of halogens is 1. The van der Waals surface area contributed by atoms with Gasteiger partial charge in [0.2, 0.25) is 0 Å². The summed E-state index contributed by atoms with van der Waals surface area (Å²) < 4.78 is 0. The van der Waals surface area contributed by atoms with Gasteiger partial charge in [0.15, 0.2) is 0 Å². The minimum Gasteiger partial charge on any atom is -0.311 e. The van der Waals surface area contributed by atoms with Crippen LogP contribution in [0.25, 0.3) is 0 Å². The molecule has 0 amide bonds. The summed E-state index contributed by atoms with van der Waals surface area (Å²) in [5.74, 6) is 0.741. The summed E-state index contributed by atoms with van der Waals surface area (Å²) in [5, 5.41) is 4.80. The lowest BCUT2D eigenvalue weighted by Gasteiger charge is -2.23. The molecule has 0 aliphatic heterocycles. The van der Waals surface area contributed by atoms with Gasteiger partial charge in [0, 0.05) is 17.4 Å². The van der Waals surface area contributed by atoms with Crippen molar-refractivity contribution in [1.82, 2.24) is 5.32 Å². The molecule has 1 aliphatic carbocycles. The van der Waals surface area contributed by atoms with E-state index >= 15 is 0 Å². The number of rotatable bonds is 4. The largest absolute Gasteiger partial charge is 0.311 e. The van der Waals surface area contributed by atoms with E-state index in [0.717, 1.165) is 17.3 Å². The van der Waals surface area contributed by atoms with Crippen molar-refractivity contribution in [2.75, 3.05) is 5.33 Å². The molecular formula is C10H20BrN. The van der Waals surface area contributed by atoms with E-state index in [0.29, 0.717) is 6.04 Å². The number of hydrogen-bond acceptors (Lipinski definition) is 1. The third-order valence-electron chi connectivity index (χ3n) is 2.95. The van der Waals surface area contributed by atoms with Crippen molar-refractivity contribution in [3.63, 3.8) is 0 Å². The molecule has 1 fully saturated rings. The van der Waals surface area contributed by atoms with Crippen LogP contribution < -0.4 is 5.32 Å². The summed E-state index contributed by atoms with van der Waals surface area (Å²) in [7, 11) is 0. The molecule has 0 heterocycles. The SMILES string of the molecule is CC(CBr)C(C)NC1CCCC1. The Morgan fingerprint density at radius 2 is 1.92 bits per heavy atom. The maximum absolute atomic E-state index is 3.70. The minimum absolute atomic E-state index is 0.660. The lowest BCUT2D eigenvalue weighted by Crippen LogP contribution is -2.39. The van der Waals surface area contributed by atoms with Crippen LogP contribution in [0.5, 0.6) is 0 Å². The van der Waals surface area contributed by atoms with Crippen LogP contribution in [0.3, 0.4) is 0 Å². The zero-order valence-electron chi connectivity index (χ0n) is 8.15. The summed E-state index contributed by atoms with van der Waals surface area (Å²) >= 11 is 3.52. The Kier molecular flexibility index (Phi) is 4.59. The van der Waals surface area contributed by atoms with Gasteiger partial charge < -0.3 is 5.32 Å². The van der Waals surface area contributed by atoms with Gasteiger partial charge in [-0.25, -0.2) is 0 Å². The van der Waals surface area contributed by atoms with E-state index in [2.05, 4.69) is 35.1 Å². The van der Waals surface area contributed by atoms with E-state index in [1.807, 2.05) is 0 Å². The molecule has 1 N–H and O–H groups in total. The molecule has 0 radical (unpaired) electrons. The number of nitrogens with one attached hydrogen (secondary N) is 1. The van der Waals surface area contributed by atoms with E-state index in [-0.39, 0.29) is 0 Å². The molecule has 0 aromatic heterocycles. The van der Waals surface area contributed by atoms with E-state index in [9.17, 15) is 0 Å². The topological polar surface area (TPSA) is 12.0 Å². The molecule has 2 unspecified atom stereocenters. The van der Waals surface area contributed by atoms with Gasteiger partial charge in [0.25, 0.3) is 0 Å². The van der Waals surface area contributed by atoms with Gasteiger partial charge >= 0.3 is 0 Å². The van der Waals surface area contributed by atoms with Crippen LogP contribution in [0.4, 0.5) is 0 Å². The van der Waals surface area contributed by atoms with Crippen molar-refractivity contribution in [3.05, 3.63) is 0 Å². The first kappa shape index (κ1) is 10.5. The molecule has 0 bridgehead atoms. The maximum atomic E-state index is 3.70. The molecule has 0 saturated heterocycles. The van der Waals surface area contributed by atoms with Crippen molar-refractivity contribution in [3.8, 4) is 0 Å². The van der Waals surface area contributed by atoms with Gasteiger partial charge in [-0.05, 0) is 25.7 Å². The highest BCUT2D eigenvalue weighted by atomic mass is 79.9. The predicted molar refractivity (Wildman–Crippen MR) is 57.8 cm³/mol. The van der Waals surface area contributed by atoms with E-state index in [1.54, 1.807) is 0 Å². The predicted octanol–water partition coefficient (Wildman–Crippen LogP) is 2.94. The molecule has 2 atom stereocenters. The zero-order chi connectivity index (χ0) is 8.97. The van der Waals surface area contributed by atoms with Gasteiger partial charge in [0.05, 0.1) is 0 Å². The molecule has 0 aromatic rings. The van der Waals surface area contributed by atoms with Crippen molar-refractivity contribution < 1.29 is 0 Å². The zero-order valence-corrected chi connectivity index (χ0v) is 9.73. The molecule has 0 spiro atoms. The first-order valence-corrected chi connectivity index (χ1v) is 6.18. The summed E-state index contributed by atoms with van der Waals surface area (Å²) in [5.41, 5.74) is 0. The average molecular weight is 234 g/mol. The molecule has 1 nitrogen and oxygen atoms in total. The number of alkyl halides is 1. The van der Waals surface area contributed by atoms with Crippen LogP contribution in [0.15, 0.2) is 0 Å². The summed E-state index contributed by atoms with van der Waals surface area (Å²) in [6.45, 7) is 4.59. The smallest absolute Gasteiger partial charge is 0.00749 e. The second-order valence-electron chi connectivity index (χ2n) is 4.07. The highest BCUT2D eigenvalue weighted by molar-refractivity contribution is 9.09. The van der Waals surface area contributed by atoms with E-state index in [4.69, 9.17) is 0 Å². The van der Waals surface area contributed by atoms with E-state index < -0.39 is 0 Å². The Morgan fingerprint density at radius 3 is 2.42 bits per heavy atom. The summed E-state index contributed by atoms with van der Waals surface area (Å²) in [6.07, 6.45) is 5.62. The third kappa shape index (κ3) is 3.06. The van der Waals surface area contributed by atoms with Crippen LogP contribution in [0.2, 0.25) is 0 Å². The quantitative estimate of drug-likeness (QED) is 0.737. The molecule has 1 saturated carbocycles. The summed E-state index contributed by atoms with van der Waals surface area (Å²) in [4.78, 5) is 0. The Morgan fingerprint density at radius 1 is 1.33 bits per heavy atom. The fourth-order valence-electron chi connectivity index (χ4n) is 1.76. The molecule has 0 aromatic carbocycles. The normalized spacial score (nSPS) is 24.2. The van der Waals surface area contributed by atoms with Crippen LogP contribution in [0, 0.1) is 5.92 Å². The fourth-order valence-corrected chi connectivity index (χ4v) is 2.32. The van der Waals surface area contributed by atoms with Crippen LogP contribution >= 0.6 is 15.9 Å². The Hall–Kier alpha value is 0.440. The fraction of sp³-hybridized carbons (Fsp3) is 1.00. The van der Waals surface area contributed by atoms with E-state index in [1.165, 1.54) is 25.7 Å². The van der Waals surface area contributed by atoms with Gasteiger partial charge in [-0.15, -0.1) is 0 Å². The van der Waals surface area contributed by atoms with Crippen molar-refractivity contribution >= 4 is 15.9 Å². The standard InChI is InChI=1S/C10H20BrN/c1-8(7-11)9(2)12-10-5-3-4-6-10/h8-10,12H,3-7H2,1-2H3. The molecule has 72 valence electrons. The van der Waals surface area contributed by atoms with Gasteiger partial charge in [-0.3, -0.25) is 0 Å². The summed E-state index contributed by atoms with van der Waals surface area (Å²) in [6, 6.07) is 1.47. The van der Waals surface area contributed by atoms with Gasteiger partial charge in [-0.2, -0.15) is 0 Å². The second kappa shape index (κ2) is 5.23. The van der Waals surface area contributed by atoms with Crippen molar-refractivity contribution in [1.29, 1.82) is 0 Å². The maximum Gasteiger partial charge on any atom is 0.00749 e. The highest BCUT2D eigenvalue weighted by Gasteiger charge is 2.19. The van der Waals surface area contributed by atoms with Crippen molar-refractivity contribution in [2.24, 2.45) is 5.92 Å². The number of hydrogen-bond donors (Lipinski definition) is 1. The molecule has 1 rings (SSSR count). The average Bonchev–Trinajstić information content (AvgIpc) is 2.55. The lowest BCUT2D eigenvalue weighted by molar-refractivity contribution is 0.379. The highest BCUT2D eigenvalue weighted by Crippen LogP contribution is 2.19. The monoisotopic (exact) mass is 233 g/mol. The third-order valence-corrected chi connectivity index (χ3v) is 3.97. The van der Waals surface area contributed by atoms with Crippen molar-refractivity contribution in [2.45, 2.75) is 51.6 Å². The van der Waals surface area contributed by atoms with Crippen LogP contribution in [-0.2, 0) is 0 Å². The first-order chi connectivity index (χ1) is 5.74. The molecule has 1 aliphatic rings. The lowest BCUT2D eigenvalue weighted by atomic mass is 10.1. The molecular weight excluding hydrogens is 214 g/mol. The van der Waals surface area contributed by atoms with Crippen LogP contribution in [0.1, 0.15) is 39.5 Å². The van der Waals surface area contributed by atoms with Crippen LogP contribution in [-0.4, -0.2) is 17.4 Å². The Balaban J connectivity index is 2.19. The second-order valence-corrected chi connectivity index (χ2v) is 4.72. The molecule has 2 heteroatoms. The first-order valence-electron chi connectivity index (χ1n) is 5.06. The van der Waals surface area contributed by atoms with Gasteiger partial charge in [-0.1, -0.05) is 35.7 Å². The Bertz CT molecular complexity index is 121. The minimum atomic E-state index is 0.660. The van der Waals surface area contributed by atoms with Gasteiger partial charge in [0.1, 0.15) is 0 Å². The molecule has 12 heavy (non-hydrogen) atoms.